The van der Waals surface area contributed by atoms with E-state index in [0.717, 1.165) is 0 Å². The minimum absolute atomic E-state index is 0.0962. The van der Waals surface area contributed by atoms with Gasteiger partial charge in [-0.25, -0.2) is 0 Å². The van der Waals surface area contributed by atoms with E-state index < -0.39 is 10.2 Å². The topological polar surface area (TPSA) is 86.2 Å². The van der Waals surface area contributed by atoms with Crippen LogP contribution in [0.3, 0.4) is 0 Å². The average Bonchev–Trinajstić information content (AvgIpc) is 2.71. The summed E-state index contributed by atoms with van der Waals surface area (Å²) in [4.78, 5) is 21.4. The van der Waals surface area contributed by atoms with Crippen molar-refractivity contribution in [2.75, 3.05) is 0 Å². The van der Waals surface area contributed by atoms with Crippen molar-refractivity contribution < 1.29 is 14.2 Å². The zero-order chi connectivity index (χ0) is 13.3. The van der Waals surface area contributed by atoms with Crippen LogP contribution >= 0.6 is 11.6 Å². The van der Waals surface area contributed by atoms with E-state index in [0.29, 0.717) is 5.56 Å². The van der Waals surface area contributed by atoms with Crippen molar-refractivity contribution in [3.8, 4) is 11.3 Å². The van der Waals surface area contributed by atoms with Gasteiger partial charge in [0.25, 0.3) is 10.9 Å². The lowest BCUT2D eigenvalue weighted by molar-refractivity contribution is -0.384. The highest BCUT2D eigenvalue weighted by molar-refractivity contribution is 6.68. The zero-order valence-corrected chi connectivity index (χ0v) is 9.97. The van der Waals surface area contributed by atoms with Gasteiger partial charge >= 0.3 is 0 Å². The average molecular weight is 267 g/mol. The van der Waals surface area contributed by atoms with Crippen molar-refractivity contribution in [3.05, 3.63) is 45.7 Å². The second-order valence-electron chi connectivity index (χ2n) is 3.54. The molecule has 0 atom stereocenters. The Morgan fingerprint density at radius 3 is 2.83 bits per heavy atom. The van der Waals surface area contributed by atoms with Gasteiger partial charge in [0, 0.05) is 17.7 Å². The summed E-state index contributed by atoms with van der Waals surface area (Å²) in [6, 6.07) is 5.74. The smallest absolute Gasteiger partial charge is 0.270 e. The van der Waals surface area contributed by atoms with E-state index in [-0.39, 0.29) is 22.7 Å². The molecule has 0 unspecified atom stereocenters. The van der Waals surface area contributed by atoms with Crippen molar-refractivity contribution in [1.29, 1.82) is 0 Å². The summed E-state index contributed by atoms with van der Waals surface area (Å²) in [6.07, 6.45) is 0. The van der Waals surface area contributed by atoms with Crippen LogP contribution in [0.4, 0.5) is 5.69 Å². The van der Waals surface area contributed by atoms with Crippen LogP contribution in [0.15, 0.2) is 28.8 Å². The third-order valence-electron chi connectivity index (χ3n) is 2.39. The third kappa shape index (κ3) is 2.10. The number of hydrogen-bond donors (Lipinski definition) is 0. The summed E-state index contributed by atoms with van der Waals surface area (Å²) < 4.78 is 4.89. The number of carbonyl (C=O) groups excluding carboxylic acids is 1. The van der Waals surface area contributed by atoms with E-state index in [1.165, 1.54) is 18.2 Å². The predicted molar refractivity (Wildman–Crippen MR) is 63.5 cm³/mol. The number of carbonyl (C=O) groups is 1. The fourth-order valence-electron chi connectivity index (χ4n) is 1.57. The molecular weight excluding hydrogens is 260 g/mol. The number of hydrogen-bond acceptors (Lipinski definition) is 5. The first-order valence-electron chi connectivity index (χ1n) is 4.91. The highest BCUT2D eigenvalue weighted by Gasteiger charge is 2.21. The maximum Gasteiger partial charge on any atom is 0.270 e. The van der Waals surface area contributed by atoms with E-state index in [1.54, 1.807) is 13.0 Å². The molecule has 7 heteroatoms. The van der Waals surface area contributed by atoms with Crippen molar-refractivity contribution in [2.45, 2.75) is 6.92 Å². The molecule has 0 aliphatic rings. The first-order chi connectivity index (χ1) is 8.50. The highest BCUT2D eigenvalue weighted by atomic mass is 35.5. The molecule has 0 saturated carbocycles. The Labute approximate surface area is 106 Å². The Hall–Kier alpha value is -2.21. The lowest BCUT2D eigenvalue weighted by Crippen LogP contribution is -1.94. The van der Waals surface area contributed by atoms with Gasteiger partial charge in [0.15, 0.2) is 0 Å². The van der Waals surface area contributed by atoms with Crippen molar-refractivity contribution in [3.63, 3.8) is 0 Å². The summed E-state index contributed by atoms with van der Waals surface area (Å²) in [5.41, 5.74) is 0.638. The fourth-order valence-corrected chi connectivity index (χ4v) is 1.79. The van der Waals surface area contributed by atoms with Crippen LogP contribution in [0.25, 0.3) is 11.3 Å². The molecule has 1 heterocycles. The molecular formula is C11H7ClN2O4. The third-order valence-corrected chi connectivity index (χ3v) is 2.58. The van der Waals surface area contributed by atoms with Gasteiger partial charge in [0.1, 0.15) is 17.0 Å². The highest BCUT2D eigenvalue weighted by Crippen LogP contribution is 2.28. The van der Waals surface area contributed by atoms with E-state index >= 15 is 0 Å². The molecule has 18 heavy (non-hydrogen) atoms. The normalized spacial score (nSPS) is 10.3. The first kappa shape index (κ1) is 12.3. The van der Waals surface area contributed by atoms with Crippen molar-refractivity contribution >= 4 is 22.5 Å². The number of nitro benzene ring substituents is 1. The molecule has 92 valence electrons. The number of aryl methyl sites for hydroxylation is 1. The van der Waals surface area contributed by atoms with Gasteiger partial charge in [-0.2, -0.15) is 0 Å². The van der Waals surface area contributed by atoms with Gasteiger partial charge in [-0.3, -0.25) is 14.9 Å². The van der Waals surface area contributed by atoms with E-state index in [4.69, 9.17) is 16.1 Å². The predicted octanol–water partition coefficient (Wildman–Crippen LogP) is 2.94. The van der Waals surface area contributed by atoms with Gasteiger partial charge in [-0.1, -0.05) is 17.3 Å². The van der Waals surface area contributed by atoms with Crippen LogP contribution in [-0.4, -0.2) is 15.3 Å². The van der Waals surface area contributed by atoms with E-state index in [1.807, 2.05) is 0 Å². The standard InChI is InChI=1S/C11H7ClN2O4/c1-6-9(11(12)15)10(13-18-6)7-3-2-4-8(5-7)14(16)17/h2-5H,1H3. The van der Waals surface area contributed by atoms with Crippen LogP contribution in [-0.2, 0) is 0 Å². The Bertz CT molecular complexity index is 636. The van der Waals surface area contributed by atoms with E-state index in [9.17, 15) is 14.9 Å². The SMILES string of the molecule is Cc1onc(-c2cccc([N+](=O)[O-])c2)c1C(=O)Cl. The minimum Gasteiger partial charge on any atom is -0.360 e. The summed E-state index contributed by atoms with van der Waals surface area (Å²) in [6.45, 7) is 1.55. The van der Waals surface area contributed by atoms with Gasteiger partial charge in [-0.05, 0) is 18.5 Å². The molecule has 6 nitrogen and oxygen atoms in total. The van der Waals surface area contributed by atoms with Crippen LogP contribution in [0.1, 0.15) is 16.1 Å². The molecule has 0 N–H and O–H groups in total. The number of nitrogens with zero attached hydrogens (tertiary/aromatic N) is 2. The van der Waals surface area contributed by atoms with Gasteiger partial charge in [0.2, 0.25) is 0 Å². The second-order valence-corrected chi connectivity index (χ2v) is 3.89. The minimum atomic E-state index is -0.713. The largest absolute Gasteiger partial charge is 0.360 e. The Morgan fingerprint density at radius 2 is 2.22 bits per heavy atom. The molecule has 0 bridgehead atoms. The number of nitro groups is 1. The maximum absolute atomic E-state index is 11.3. The molecule has 0 amide bonds. The van der Waals surface area contributed by atoms with Gasteiger partial charge in [-0.15, -0.1) is 0 Å². The molecule has 0 spiro atoms. The zero-order valence-electron chi connectivity index (χ0n) is 9.21. The van der Waals surface area contributed by atoms with Crippen molar-refractivity contribution in [2.24, 2.45) is 0 Å². The van der Waals surface area contributed by atoms with Gasteiger partial charge in [0.05, 0.1) is 4.92 Å². The molecule has 1 aromatic heterocycles. The summed E-state index contributed by atoms with van der Waals surface area (Å²) in [5, 5.41) is 13.7. The summed E-state index contributed by atoms with van der Waals surface area (Å²) in [5.74, 6) is 0.275. The number of benzene rings is 1. The lowest BCUT2D eigenvalue weighted by atomic mass is 10.1. The number of halogens is 1. The molecule has 0 radical (unpaired) electrons. The number of aromatic nitrogens is 1. The number of non-ortho nitro benzene ring substituents is 1. The lowest BCUT2D eigenvalue weighted by Gasteiger charge is -1.98. The molecule has 0 saturated heterocycles. The van der Waals surface area contributed by atoms with Crippen molar-refractivity contribution in [1.82, 2.24) is 5.16 Å². The molecule has 2 rings (SSSR count). The molecule has 2 aromatic rings. The number of rotatable bonds is 3. The summed E-state index contributed by atoms with van der Waals surface area (Å²) in [7, 11) is 0. The molecule has 0 aliphatic carbocycles. The quantitative estimate of drug-likeness (QED) is 0.484. The molecule has 0 aliphatic heterocycles. The maximum atomic E-state index is 11.3. The Balaban J connectivity index is 2.59. The van der Waals surface area contributed by atoms with Gasteiger partial charge < -0.3 is 4.52 Å². The van der Waals surface area contributed by atoms with Crippen LogP contribution < -0.4 is 0 Å². The van der Waals surface area contributed by atoms with Crippen LogP contribution in [0, 0.1) is 17.0 Å². The Morgan fingerprint density at radius 1 is 1.50 bits per heavy atom. The fraction of sp³-hybridized carbons (Fsp3) is 0.0909. The monoisotopic (exact) mass is 266 g/mol. The molecule has 1 aromatic carbocycles. The second kappa shape index (κ2) is 4.58. The molecule has 0 fully saturated rings. The van der Waals surface area contributed by atoms with Crippen LogP contribution in [0.5, 0.6) is 0 Å². The first-order valence-corrected chi connectivity index (χ1v) is 5.29. The summed E-state index contributed by atoms with van der Waals surface area (Å²) >= 11 is 5.43. The Kier molecular flexibility index (Phi) is 3.12. The van der Waals surface area contributed by atoms with E-state index in [2.05, 4.69) is 5.16 Å². The van der Waals surface area contributed by atoms with Crippen LogP contribution in [0.2, 0.25) is 0 Å².